The molecule has 0 amide bonds. The van der Waals surface area contributed by atoms with Crippen LogP contribution in [0.25, 0.3) is 0 Å². The fourth-order valence-electron chi connectivity index (χ4n) is 2.80. The summed E-state index contributed by atoms with van der Waals surface area (Å²) in [6.45, 7) is -2.97. The molecule has 30 heavy (non-hydrogen) atoms. The molecule has 0 N–H and O–H groups in total. The van der Waals surface area contributed by atoms with Crippen LogP contribution in [0.15, 0.2) is 66.7 Å². The smallest absolute Gasteiger partial charge is 0.387 e. The van der Waals surface area contributed by atoms with Crippen molar-refractivity contribution in [1.29, 1.82) is 0 Å². The quantitative estimate of drug-likeness (QED) is 0.423. The van der Waals surface area contributed by atoms with Crippen molar-refractivity contribution < 1.29 is 32.5 Å². The Morgan fingerprint density at radius 3 is 1.83 bits per heavy atom. The Balaban J connectivity index is 2.02. The molecule has 156 valence electrons. The number of rotatable bonds is 10. The maximum Gasteiger partial charge on any atom is 0.387 e. The topological polar surface area (TPSA) is 54.0 Å². The summed E-state index contributed by atoms with van der Waals surface area (Å²) in [4.78, 5) is 11.5. The number of halogens is 2. The number of carbonyl (C=O) groups is 1. The van der Waals surface area contributed by atoms with Crippen LogP contribution in [0.5, 0.6) is 23.0 Å². The number of alkyl halides is 2. The lowest BCUT2D eigenvalue weighted by Crippen LogP contribution is -2.10. The molecular formula is C23H20F2O5. The number of hydrogen-bond donors (Lipinski definition) is 0. The van der Waals surface area contributed by atoms with Gasteiger partial charge in [0, 0.05) is 0 Å². The van der Waals surface area contributed by atoms with Gasteiger partial charge in [0.15, 0.2) is 17.8 Å². The molecule has 0 aromatic heterocycles. The summed E-state index contributed by atoms with van der Waals surface area (Å²) in [5.41, 5.74) is 1.51. The van der Waals surface area contributed by atoms with Crippen molar-refractivity contribution in [2.24, 2.45) is 0 Å². The highest BCUT2D eigenvalue weighted by Crippen LogP contribution is 2.47. The highest BCUT2D eigenvalue weighted by Gasteiger charge is 2.25. The summed E-state index contributed by atoms with van der Waals surface area (Å²) < 4.78 is 47.8. The Morgan fingerprint density at radius 1 is 0.833 bits per heavy atom. The van der Waals surface area contributed by atoms with Crippen molar-refractivity contribution in [2.75, 3.05) is 7.11 Å². The first kappa shape index (κ1) is 21.1. The van der Waals surface area contributed by atoms with Gasteiger partial charge in [0.2, 0.25) is 11.5 Å². The van der Waals surface area contributed by atoms with Gasteiger partial charge in [-0.05, 0) is 17.2 Å². The summed E-state index contributed by atoms with van der Waals surface area (Å²) in [5.74, 6) is -0.299. The Labute approximate surface area is 172 Å². The zero-order valence-corrected chi connectivity index (χ0v) is 16.2. The zero-order valence-electron chi connectivity index (χ0n) is 16.2. The van der Waals surface area contributed by atoms with Gasteiger partial charge >= 0.3 is 6.61 Å². The van der Waals surface area contributed by atoms with Gasteiger partial charge in [-0.1, -0.05) is 60.7 Å². The molecule has 3 aromatic carbocycles. The van der Waals surface area contributed by atoms with Crippen LogP contribution in [0.3, 0.4) is 0 Å². The minimum atomic E-state index is -3.15. The van der Waals surface area contributed by atoms with Crippen LogP contribution in [-0.2, 0) is 13.2 Å². The molecule has 5 nitrogen and oxygen atoms in total. The predicted octanol–water partition coefficient (Wildman–Crippen LogP) is 5.27. The lowest BCUT2D eigenvalue weighted by atomic mass is 10.1. The van der Waals surface area contributed by atoms with Gasteiger partial charge in [-0.15, -0.1) is 0 Å². The normalized spacial score (nSPS) is 10.5. The van der Waals surface area contributed by atoms with E-state index in [1.165, 1.54) is 13.2 Å². The molecule has 0 aliphatic heterocycles. The number of aldehydes is 1. The lowest BCUT2D eigenvalue weighted by molar-refractivity contribution is -0.0520. The molecule has 0 atom stereocenters. The second-order valence-electron chi connectivity index (χ2n) is 6.20. The number of methoxy groups -OCH3 is 1. The number of hydrogen-bond acceptors (Lipinski definition) is 5. The summed E-state index contributed by atoms with van der Waals surface area (Å²) in [7, 11) is 1.38. The van der Waals surface area contributed by atoms with Gasteiger partial charge in [0.05, 0.1) is 12.7 Å². The molecule has 0 unspecified atom stereocenters. The zero-order chi connectivity index (χ0) is 21.3. The highest BCUT2D eigenvalue weighted by atomic mass is 19.3. The van der Waals surface area contributed by atoms with Crippen LogP contribution in [0.1, 0.15) is 21.5 Å². The average molecular weight is 414 g/mol. The molecule has 0 heterocycles. The van der Waals surface area contributed by atoms with E-state index >= 15 is 0 Å². The van der Waals surface area contributed by atoms with Crippen molar-refractivity contribution in [2.45, 2.75) is 19.8 Å². The van der Waals surface area contributed by atoms with E-state index in [1.54, 1.807) is 0 Å². The fraction of sp³-hybridized carbons (Fsp3) is 0.174. The Bertz CT molecular complexity index is 962. The molecule has 7 heteroatoms. The summed E-state index contributed by atoms with van der Waals surface area (Å²) in [6, 6.07) is 19.7. The standard InChI is InChI=1S/C23H20F2O5/c1-27-19-12-18(13-26)20(30-23(24)25)22(29-15-17-10-6-3-7-11-17)21(19)28-14-16-8-4-2-5-9-16/h2-13,23H,14-15H2,1H3. The molecule has 0 radical (unpaired) electrons. The predicted molar refractivity (Wildman–Crippen MR) is 107 cm³/mol. The first-order valence-electron chi connectivity index (χ1n) is 9.10. The highest BCUT2D eigenvalue weighted by molar-refractivity contribution is 5.84. The molecule has 0 fully saturated rings. The van der Waals surface area contributed by atoms with Crippen LogP contribution in [0.4, 0.5) is 8.78 Å². The van der Waals surface area contributed by atoms with Gasteiger partial charge in [-0.25, -0.2) is 0 Å². The second kappa shape index (κ2) is 10.2. The largest absolute Gasteiger partial charge is 0.493 e. The Kier molecular flexibility index (Phi) is 7.21. The fourth-order valence-corrected chi connectivity index (χ4v) is 2.80. The van der Waals surface area contributed by atoms with Crippen molar-refractivity contribution in [3.05, 3.63) is 83.4 Å². The van der Waals surface area contributed by atoms with Crippen LogP contribution < -0.4 is 18.9 Å². The minimum absolute atomic E-state index is 0.0492. The van der Waals surface area contributed by atoms with Gasteiger partial charge in [0.1, 0.15) is 13.2 Å². The summed E-state index contributed by atoms with van der Waals surface area (Å²) in [6.07, 6.45) is 0.399. The first-order chi connectivity index (χ1) is 14.6. The van der Waals surface area contributed by atoms with Gasteiger partial charge in [-0.2, -0.15) is 8.78 Å². The molecule has 3 aromatic rings. The maximum absolute atomic E-state index is 13.1. The number of ether oxygens (including phenoxy) is 4. The molecule has 0 saturated carbocycles. The molecule has 0 spiro atoms. The van der Waals surface area contributed by atoms with E-state index in [4.69, 9.17) is 14.2 Å². The summed E-state index contributed by atoms with van der Waals surface area (Å²) in [5, 5.41) is 0. The van der Waals surface area contributed by atoms with E-state index < -0.39 is 12.4 Å². The van der Waals surface area contributed by atoms with Crippen LogP contribution >= 0.6 is 0 Å². The molecule has 0 saturated heterocycles. The average Bonchev–Trinajstić information content (AvgIpc) is 2.77. The molecular weight excluding hydrogens is 394 g/mol. The van der Waals surface area contributed by atoms with E-state index in [2.05, 4.69) is 4.74 Å². The van der Waals surface area contributed by atoms with E-state index in [-0.39, 0.29) is 36.0 Å². The maximum atomic E-state index is 13.1. The van der Waals surface area contributed by atoms with Crippen molar-refractivity contribution in [3.63, 3.8) is 0 Å². The second-order valence-corrected chi connectivity index (χ2v) is 6.20. The van der Waals surface area contributed by atoms with E-state index in [0.29, 0.717) is 6.29 Å². The number of carbonyl (C=O) groups excluding carboxylic acids is 1. The third kappa shape index (κ3) is 5.26. The first-order valence-corrected chi connectivity index (χ1v) is 9.10. The third-order valence-corrected chi connectivity index (χ3v) is 4.19. The van der Waals surface area contributed by atoms with E-state index in [1.807, 2.05) is 60.7 Å². The molecule has 0 aliphatic rings. The van der Waals surface area contributed by atoms with Gasteiger partial charge < -0.3 is 18.9 Å². The Morgan fingerprint density at radius 2 is 1.37 bits per heavy atom. The van der Waals surface area contributed by atoms with Crippen LogP contribution in [0, 0.1) is 0 Å². The Hall–Kier alpha value is -3.61. The monoisotopic (exact) mass is 414 g/mol. The molecule has 3 rings (SSSR count). The molecule has 0 aliphatic carbocycles. The van der Waals surface area contributed by atoms with Crippen molar-refractivity contribution in [3.8, 4) is 23.0 Å². The van der Waals surface area contributed by atoms with Crippen molar-refractivity contribution in [1.82, 2.24) is 0 Å². The SMILES string of the molecule is COc1cc(C=O)c(OC(F)F)c(OCc2ccccc2)c1OCc1ccccc1. The number of benzene rings is 3. The van der Waals surface area contributed by atoms with Crippen LogP contribution in [-0.4, -0.2) is 20.0 Å². The third-order valence-electron chi connectivity index (χ3n) is 4.19. The lowest BCUT2D eigenvalue weighted by Gasteiger charge is -2.20. The van der Waals surface area contributed by atoms with E-state index in [9.17, 15) is 13.6 Å². The molecule has 0 bridgehead atoms. The minimum Gasteiger partial charge on any atom is -0.493 e. The van der Waals surface area contributed by atoms with Gasteiger partial charge in [-0.3, -0.25) is 4.79 Å². The van der Waals surface area contributed by atoms with Gasteiger partial charge in [0.25, 0.3) is 0 Å². The van der Waals surface area contributed by atoms with E-state index in [0.717, 1.165) is 11.1 Å². The van der Waals surface area contributed by atoms with Crippen LogP contribution in [0.2, 0.25) is 0 Å². The van der Waals surface area contributed by atoms with Crippen molar-refractivity contribution >= 4 is 6.29 Å². The summed E-state index contributed by atoms with van der Waals surface area (Å²) >= 11 is 0.